The van der Waals surface area contributed by atoms with Crippen molar-refractivity contribution in [1.82, 2.24) is 0 Å². The van der Waals surface area contributed by atoms with Crippen LogP contribution in [0.4, 0.5) is 0 Å². The minimum atomic E-state index is -0.425. The van der Waals surface area contributed by atoms with Gasteiger partial charge in [0.1, 0.15) is 0 Å². The molecule has 0 radical (unpaired) electrons. The Morgan fingerprint density at radius 1 is 0.759 bits per heavy atom. The molecule has 1 aliphatic carbocycles. The zero-order chi connectivity index (χ0) is 20.3. The summed E-state index contributed by atoms with van der Waals surface area (Å²) in [5.41, 5.74) is 13.2. The summed E-state index contributed by atoms with van der Waals surface area (Å²) in [5.74, 6) is 0.502. The van der Waals surface area contributed by atoms with Crippen LogP contribution in [0.2, 0.25) is 0 Å². The van der Waals surface area contributed by atoms with E-state index >= 15 is 0 Å². The van der Waals surface area contributed by atoms with Gasteiger partial charge in [0.25, 0.3) is 0 Å². The molecule has 3 aromatic rings. The van der Waals surface area contributed by atoms with Gasteiger partial charge >= 0.3 is 0 Å². The van der Waals surface area contributed by atoms with E-state index in [1.807, 2.05) is 0 Å². The average Bonchev–Trinajstić information content (AvgIpc) is 3.05. The van der Waals surface area contributed by atoms with E-state index in [-0.39, 0.29) is 0 Å². The molecule has 1 aliphatic rings. The maximum atomic E-state index is 6.36. The first-order valence-corrected chi connectivity index (χ1v) is 10.2. The monoisotopic (exact) mass is 377 g/mol. The highest BCUT2D eigenvalue weighted by molar-refractivity contribution is 5.94. The summed E-state index contributed by atoms with van der Waals surface area (Å²) < 4.78 is 0. The molecule has 1 nitrogen and oxygen atoms in total. The predicted molar refractivity (Wildman–Crippen MR) is 123 cm³/mol. The van der Waals surface area contributed by atoms with Gasteiger partial charge in [-0.2, -0.15) is 0 Å². The number of fused-ring (bicyclic) bond motifs is 1. The lowest BCUT2D eigenvalue weighted by atomic mass is 9.67. The van der Waals surface area contributed by atoms with Crippen LogP contribution in [0.25, 0.3) is 5.57 Å². The Bertz CT molecular complexity index is 1030. The molecule has 0 aromatic heterocycles. The minimum absolute atomic E-state index is 0.425. The molecule has 1 heteroatoms. The highest BCUT2D eigenvalue weighted by atomic mass is 14.6. The van der Waals surface area contributed by atoms with Crippen molar-refractivity contribution in [3.8, 4) is 0 Å². The third-order valence-corrected chi connectivity index (χ3v) is 5.65. The van der Waals surface area contributed by atoms with Gasteiger partial charge in [-0.15, -0.1) is 0 Å². The van der Waals surface area contributed by atoms with Gasteiger partial charge in [0.15, 0.2) is 0 Å². The van der Waals surface area contributed by atoms with Crippen LogP contribution in [0.3, 0.4) is 0 Å². The molecule has 144 valence electrons. The van der Waals surface area contributed by atoms with Crippen LogP contribution < -0.4 is 5.73 Å². The SMILES string of the molecule is CC(C)/C=C/C=C1\C(=C/N)C(c2ccccc2)(c2ccccc2)c2ccccc21. The first kappa shape index (κ1) is 19.0. The second kappa shape index (κ2) is 7.97. The molecule has 0 unspecified atom stereocenters. The summed E-state index contributed by atoms with van der Waals surface area (Å²) >= 11 is 0. The molecule has 4 rings (SSSR count). The molecule has 0 fully saturated rings. The largest absolute Gasteiger partial charge is 0.404 e. The number of hydrogen-bond donors (Lipinski definition) is 1. The van der Waals surface area contributed by atoms with Gasteiger partial charge in [0, 0.05) is 0 Å². The molecule has 0 saturated carbocycles. The first-order chi connectivity index (χ1) is 14.2. The normalized spacial score (nSPS) is 18.0. The lowest BCUT2D eigenvalue weighted by molar-refractivity contribution is 0.766. The van der Waals surface area contributed by atoms with Crippen molar-refractivity contribution >= 4 is 5.57 Å². The Kier molecular flexibility index (Phi) is 5.22. The van der Waals surface area contributed by atoms with E-state index in [1.54, 1.807) is 6.20 Å². The Labute approximate surface area is 173 Å². The first-order valence-electron chi connectivity index (χ1n) is 10.2. The molecule has 0 aliphatic heterocycles. The van der Waals surface area contributed by atoms with Crippen molar-refractivity contribution in [2.45, 2.75) is 19.3 Å². The summed E-state index contributed by atoms with van der Waals surface area (Å²) in [4.78, 5) is 0. The van der Waals surface area contributed by atoms with E-state index in [4.69, 9.17) is 5.73 Å². The fourth-order valence-corrected chi connectivity index (χ4v) is 4.47. The lowest BCUT2D eigenvalue weighted by Crippen LogP contribution is -2.29. The van der Waals surface area contributed by atoms with Crippen LogP contribution in [-0.2, 0) is 5.41 Å². The molecule has 29 heavy (non-hydrogen) atoms. The van der Waals surface area contributed by atoms with E-state index in [0.717, 1.165) is 5.57 Å². The molecule has 0 spiro atoms. The van der Waals surface area contributed by atoms with Gasteiger partial charge in [-0.25, -0.2) is 0 Å². The van der Waals surface area contributed by atoms with E-state index in [2.05, 4.69) is 117 Å². The number of rotatable bonds is 4. The Hall–Kier alpha value is -3.32. The molecule has 2 N–H and O–H groups in total. The highest BCUT2D eigenvalue weighted by Gasteiger charge is 2.47. The van der Waals surface area contributed by atoms with E-state index in [0.29, 0.717) is 5.92 Å². The van der Waals surface area contributed by atoms with Crippen molar-refractivity contribution in [3.63, 3.8) is 0 Å². The predicted octanol–water partition coefficient (Wildman–Crippen LogP) is 6.47. The summed E-state index contributed by atoms with van der Waals surface area (Å²) in [5, 5.41) is 0. The van der Waals surface area contributed by atoms with Crippen molar-refractivity contribution in [2.75, 3.05) is 0 Å². The number of benzene rings is 3. The lowest BCUT2D eigenvalue weighted by Gasteiger charge is -2.33. The molecule has 0 saturated heterocycles. The zero-order valence-electron chi connectivity index (χ0n) is 17.0. The molecule has 0 heterocycles. The van der Waals surface area contributed by atoms with Crippen LogP contribution in [0.5, 0.6) is 0 Å². The minimum Gasteiger partial charge on any atom is -0.404 e. The number of nitrogens with two attached hydrogens (primary N) is 1. The molecule has 3 aromatic carbocycles. The maximum Gasteiger partial charge on any atom is 0.0727 e. The van der Waals surface area contributed by atoms with Crippen LogP contribution in [-0.4, -0.2) is 0 Å². The van der Waals surface area contributed by atoms with Crippen LogP contribution in [0.15, 0.2) is 115 Å². The molecule has 0 bridgehead atoms. The van der Waals surface area contributed by atoms with Crippen molar-refractivity contribution in [1.29, 1.82) is 0 Å². The topological polar surface area (TPSA) is 26.0 Å². The summed E-state index contributed by atoms with van der Waals surface area (Å²) in [6, 6.07) is 30.1. The standard InChI is InChI=1S/C28H27N/c1-21(2)12-11-18-25-24-17-9-10-19-26(24)28(27(25)20-29,22-13-5-3-6-14-22)23-15-7-4-8-16-23/h3-21H,29H2,1-2H3/b12-11+,25-18-,27-20+. The van der Waals surface area contributed by atoms with Gasteiger partial charge in [-0.05, 0) is 45.5 Å². The Morgan fingerprint density at radius 2 is 1.31 bits per heavy atom. The third kappa shape index (κ3) is 3.13. The van der Waals surface area contributed by atoms with Crippen LogP contribution in [0.1, 0.15) is 36.1 Å². The molecular weight excluding hydrogens is 350 g/mol. The van der Waals surface area contributed by atoms with Gasteiger partial charge in [0.05, 0.1) is 5.41 Å². The van der Waals surface area contributed by atoms with E-state index in [9.17, 15) is 0 Å². The summed E-state index contributed by atoms with van der Waals surface area (Å²) in [6.07, 6.45) is 8.39. The molecule has 0 amide bonds. The number of hydrogen-bond acceptors (Lipinski definition) is 1. The maximum absolute atomic E-state index is 6.36. The Morgan fingerprint density at radius 3 is 1.86 bits per heavy atom. The second-order valence-electron chi connectivity index (χ2n) is 7.82. The van der Waals surface area contributed by atoms with Crippen molar-refractivity contribution in [2.24, 2.45) is 11.7 Å². The summed E-state index contributed by atoms with van der Waals surface area (Å²) in [7, 11) is 0. The fraction of sp³-hybridized carbons (Fsp3) is 0.143. The van der Waals surface area contributed by atoms with E-state index in [1.165, 1.54) is 27.8 Å². The van der Waals surface area contributed by atoms with Crippen molar-refractivity contribution in [3.05, 3.63) is 137 Å². The van der Waals surface area contributed by atoms with Gasteiger partial charge in [-0.3, -0.25) is 0 Å². The van der Waals surface area contributed by atoms with E-state index < -0.39 is 5.41 Å². The second-order valence-corrected chi connectivity index (χ2v) is 7.82. The molecule has 0 atom stereocenters. The fourth-order valence-electron chi connectivity index (χ4n) is 4.47. The van der Waals surface area contributed by atoms with Crippen LogP contribution >= 0.6 is 0 Å². The van der Waals surface area contributed by atoms with Gasteiger partial charge in [0.2, 0.25) is 0 Å². The highest BCUT2D eigenvalue weighted by Crippen LogP contribution is 2.56. The van der Waals surface area contributed by atoms with Crippen molar-refractivity contribution < 1.29 is 0 Å². The van der Waals surface area contributed by atoms with Crippen LogP contribution in [0, 0.1) is 5.92 Å². The Balaban J connectivity index is 2.08. The van der Waals surface area contributed by atoms with Gasteiger partial charge < -0.3 is 5.73 Å². The average molecular weight is 378 g/mol. The zero-order valence-corrected chi connectivity index (χ0v) is 17.0. The quantitative estimate of drug-likeness (QED) is 0.554. The third-order valence-electron chi connectivity index (χ3n) is 5.65. The number of allylic oxidation sites excluding steroid dienone is 5. The van der Waals surface area contributed by atoms with Gasteiger partial charge in [-0.1, -0.05) is 117 Å². The smallest absolute Gasteiger partial charge is 0.0727 e. The summed E-state index contributed by atoms with van der Waals surface area (Å²) in [6.45, 7) is 4.38. The molecular formula is C28H27N.